The van der Waals surface area contributed by atoms with Crippen LogP contribution in [0.5, 0.6) is 17.2 Å². The zero-order chi connectivity index (χ0) is 27.2. The lowest BCUT2D eigenvalue weighted by Gasteiger charge is -2.33. The average molecular weight is 521 g/mol. The molecule has 1 heterocycles. The van der Waals surface area contributed by atoms with E-state index in [1.54, 1.807) is 24.3 Å². The fourth-order valence-electron chi connectivity index (χ4n) is 5.20. The fraction of sp³-hybridized carbons (Fsp3) is 0.400. The van der Waals surface area contributed by atoms with Crippen molar-refractivity contribution in [2.75, 3.05) is 26.2 Å². The minimum atomic E-state index is -1.04. The zero-order valence-electron chi connectivity index (χ0n) is 22.7. The maximum Gasteiger partial charge on any atom is 0.294 e. The molecule has 38 heavy (non-hydrogen) atoms. The lowest BCUT2D eigenvalue weighted by atomic mass is 9.94. The van der Waals surface area contributed by atoms with Crippen molar-refractivity contribution in [1.82, 2.24) is 5.32 Å². The number of benzene rings is 2. The van der Waals surface area contributed by atoms with Crippen molar-refractivity contribution in [1.29, 1.82) is 0 Å². The van der Waals surface area contributed by atoms with Gasteiger partial charge in [0.05, 0.1) is 27.6 Å². The van der Waals surface area contributed by atoms with Gasteiger partial charge >= 0.3 is 0 Å². The van der Waals surface area contributed by atoms with Crippen molar-refractivity contribution in [2.45, 2.75) is 58.0 Å². The number of rotatable bonds is 9. The van der Waals surface area contributed by atoms with Gasteiger partial charge in [-0.25, -0.2) is 0 Å². The molecule has 2 aromatic carbocycles. The highest BCUT2D eigenvalue weighted by Gasteiger charge is 2.37. The normalized spacial score (nSPS) is 14.4. The lowest BCUT2D eigenvalue weighted by molar-refractivity contribution is -0.123. The van der Waals surface area contributed by atoms with Crippen molar-refractivity contribution in [3.8, 4) is 17.2 Å². The number of aryl methyl sites for hydroxylation is 2. The molecular formula is C30H36N2O6. The fourth-order valence-corrected chi connectivity index (χ4v) is 5.20. The number of methoxy groups -OCH3 is 3. The van der Waals surface area contributed by atoms with Crippen LogP contribution in [0.3, 0.4) is 0 Å². The summed E-state index contributed by atoms with van der Waals surface area (Å²) in [5.41, 5.74) is 3.04. The van der Waals surface area contributed by atoms with Crippen molar-refractivity contribution in [2.24, 2.45) is 0 Å². The van der Waals surface area contributed by atoms with Crippen LogP contribution < -0.4 is 24.4 Å². The predicted octanol–water partition coefficient (Wildman–Crippen LogP) is 5.76. The number of hydrogen-bond donors (Lipinski definition) is 1. The number of carbonyl (C=O) groups is 2. The average Bonchev–Trinajstić information content (AvgIpc) is 3.45. The molecule has 2 amide bonds. The van der Waals surface area contributed by atoms with Crippen molar-refractivity contribution in [3.05, 3.63) is 71.2 Å². The standard InChI is InChI=1S/C30H36N2O6/c1-19-14-20(2)16-23(15-19)32(30(34)24-12-9-13-38-24)27(29(33)31-22-10-7-6-8-11-22)21-17-25(35-3)28(37-5)26(18-21)36-4/h9,12-18,22,27H,6-8,10-11H2,1-5H3,(H,31,33)/t27-/m1/s1. The van der Waals surface area contributed by atoms with E-state index in [-0.39, 0.29) is 17.7 Å². The summed E-state index contributed by atoms with van der Waals surface area (Å²) >= 11 is 0. The van der Waals surface area contributed by atoms with Gasteiger partial charge in [0, 0.05) is 11.7 Å². The van der Waals surface area contributed by atoms with Gasteiger partial charge in [0.2, 0.25) is 11.7 Å². The molecule has 202 valence electrons. The van der Waals surface area contributed by atoms with E-state index in [1.165, 1.54) is 32.5 Å². The summed E-state index contributed by atoms with van der Waals surface area (Å²) in [5, 5.41) is 3.22. The van der Waals surface area contributed by atoms with Gasteiger partial charge in [-0.3, -0.25) is 14.5 Å². The Morgan fingerprint density at radius 1 is 0.921 bits per heavy atom. The molecule has 4 rings (SSSR count). The van der Waals surface area contributed by atoms with E-state index in [4.69, 9.17) is 18.6 Å². The predicted molar refractivity (Wildman–Crippen MR) is 145 cm³/mol. The molecule has 1 saturated carbocycles. The molecule has 0 radical (unpaired) electrons. The SMILES string of the molecule is COc1cc([C@H](C(=O)NC2CCCCC2)N(C(=O)c2ccco2)c2cc(C)cc(C)c2)cc(OC)c1OC. The lowest BCUT2D eigenvalue weighted by Crippen LogP contribution is -2.47. The third-order valence-corrected chi connectivity index (χ3v) is 6.90. The largest absolute Gasteiger partial charge is 0.493 e. The first-order valence-corrected chi connectivity index (χ1v) is 12.9. The van der Waals surface area contributed by atoms with E-state index < -0.39 is 11.9 Å². The highest BCUT2D eigenvalue weighted by molar-refractivity contribution is 6.08. The van der Waals surface area contributed by atoms with Crippen LogP contribution in [0.25, 0.3) is 0 Å². The number of furan rings is 1. The van der Waals surface area contributed by atoms with Crippen molar-refractivity contribution < 1.29 is 28.2 Å². The molecule has 0 bridgehead atoms. The first-order chi connectivity index (χ1) is 18.4. The van der Waals surface area contributed by atoms with Crippen LogP contribution in [-0.4, -0.2) is 39.2 Å². The molecule has 1 aliphatic carbocycles. The van der Waals surface area contributed by atoms with Gasteiger partial charge in [0.15, 0.2) is 17.3 Å². The second-order valence-corrected chi connectivity index (χ2v) is 9.70. The number of amides is 2. The number of hydrogen-bond acceptors (Lipinski definition) is 6. The smallest absolute Gasteiger partial charge is 0.294 e. The van der Waals surface area contributed by atoms with E-state index in [0.29, 0.717) is 28.5 Å². The number of nitrogens with one attached hydrogen (secondary N) is 1. The van der Waals surface area contributed by atoms with Crippen LogP contribution in [0.2, 0.25) is 0 Å². The molecule has 1 aromatic heterocycles. The van der Waals surface area contributed by atoms with Crippen LogP contribution in [0.4, 0.5) is 5.69 Å². The molecule has 8 nitrogen and oxygen atoms in total. The first kappa shape index (κ1) is 27.1. The Morgan fingerprint density at radius 3 is 2.08 bits per heavy atom. The summed E-state index contributed by atoms with van der Waals surface area (Å²) in [6, 6.07) is 11.5. The quantitative estimate of drug-likeness (QED) is 0.386. The van der Waals surface area contributed by atoms with Gasteiger partial charge < -0.3 is 23.9 Å². The molecule has 1 N–H and O–H groups in total. The summed E-state index contributed by atoms with van der Waals surface area (Å²) in [4.78, 5) is 29.7. The van der Waals surface area contributed by atoms with E-state index >= 15 is 0 Å². The maximum absolute atomic E-state index is 14.2. The van der Waals surface area contributed by atoms with E-state index in [9.17, 15) is 9.59 Å². The number of nitrogens with zero attached hydrogens (tertiary/aromatic N) is 1. The minimum absolute atomic E-state index is 0.0422. The molecule has 0 aliphatic heterocycles. The molecule has 1 atom stereocenters. The van der Waals surface area contributed by atoms with E-state index in [0.717, 1.165) is 43.2 Å². The molecule has 0 unspecified atom stereocenters. The van der Waals surface area contributed by atoms with Crippen LogP contribution in [0, 0.1) is 13.8 Å². The van der Waals surface area contributed by atoms with Gasteiger partial charge in [-0.1, -0.05) is 25.3 Å². The van der Waals surface area contributed by atoms with Crippen molar-refractivity contribution in [3.63, 3.8) is 0 Å². The summed E-state index contributed by atoms with van der Waals surface area (Å²) < 4.78 is 22.2. The van der Waals surface area contributed by atoms with Crippen molar-refractivity contribution >= 4 is 17.5 Å². The molecule has 8 heteroatoms. The number of carbonyl (C=O) groups excluding carboxylic acids is 2. The van der Waals surface area contributed by atoms with Gasteiger partial charge in [-0.15, -0.1) is 0 Å². The Balaban J connectivity index is 1.92. The van der Waals surface area contributed by atoms with Crippen LogP contribution >= 0.6 is 0 Å². The maximum atomic E-state index is 14.2. The summed E-state index contributed by atoms with van der Waals surface area (Å²) in [6.07, 6.45) is 6.54. The third-order valence-electron chi connectivity index (χ3n) is 6.90. The molecule has 0 saturated heterocycles. The molecule has 1 aliphatic rings. The van der Waals surface area contributed by atoms with Crippen LogP contribution in [-0.2, 0) is 4.79 Å². The minimum Gasteiger partial charge on any atom is -0.493 e. The highest BCUT2D eigenvalue weighted by atomic mass is 16.5. The molecule has 3 aromatic rings. The van der Waals surface area contributed by atoms with Gasteiger partial charge in [0.25, 0.3) is 5.91 Å². The summed E-state index contributed by atoms with van der Waals surface area (Å²) in [7, 11) is 4.57. The number of ether oxygens (including phenoxy) is 3. The van der Waals surface area contributed by atoms with Crippen LogP contribution in [0.1, 0.15) is 65.4 Å². The zero-order valence-corrected chi connectivity index (χ0v) is 22.7. The Kier molecular flexibility index (Phi) is 8.61. The summed E-state index contributed by atoms with van der Waals surface area (Å²) in [5.74, 6) is 0.599. The second kappa shape index (κ2) is 12.1. The highest BCUT2D eigenvalue weighted by Crippen LogP contribution is 2.42. The van der Waals surface area contributed by atoms with Crippen LogP contribution in [0.15, 0.2) is 53.1 Å². The van der Waals surface area contributed by atoms with E-state index in [1.807, 2.05) is 32.0 Å². The van der Waals surface area contributed by atoms with Gasteiger partial charge in [0.1, 0.15) is 6.04 Å². The second-order valence-electron chi connectivity index (χ2n) is 9.70. The number of anilines is 1. The molecule has 0 spiro atoms. The Hall–Kier alpha value is -3.94. The molecular weight excluding hydrogens is 484 g/mol. The Morgan fingerprint density at radius 2 is 1.55 bits per heavy atom. The van der Waals surface area contributed by atoms with Gasteiger partial charge in [-0.2, -0.15) is 0 Å². The Bertz CT molecular complexity index is 1220. The van der Waals surface area contributed by atoms with Gasteiger partial charge in [-0.05, 0) is 79.8 Å². The topological polar surface area (TPSA) is 90.2 Å². The first-order valence-electron chi connectivity index (χ1n) is 12.9. The Labute approximate surface area is 223 Å². The monoisotopic (exact) mass is 520 g/mol. The van der Waals surface area contributed by atoms with E-state index in [2.05, 4.69) is 5.32 Å². The third kappa shape index (κ3) is 5.79. The summed E-state index contributed by atoms with van der Waals surface area (Å²) in [6.45, 7) is 3.92. The molecule has 1 fully saturated rings.